The molecule has 21 heavy (non-hydrogen) atoms. The van der Waals surface area contributed by atoms with Gasteiger partial charge in [0, 0.05) is 30.2 Å². The predicted molar refractivity (Wildman–Crippen MR) is 85.0 cm³/mol. The molecule has 4 nitrogen and oxygen atoms in total. The Labute approximate surface area is 127 Å². The van der Waals surface area contributed by atoms with E-state index in [1.807, 2.05) is 42.6 Å². The standard InChI is InChI=1S/C16H16N4S/c1-11-8-18-15(19-9-11)16-20-13(10-21-16)7-14(17)12-5-3-2-4-6-12/h2-6,8-10,14H,7,17H2,1H3. The Morgan fingerprint density at radius 2 is 1.86 bits per heavy atom. The number of thiazole rings is 1. The smallest absolute Gasteiger partial charge is 0.188 e. The summed E-state index contributed by atoms with van der Waals surface area (Å²) in [5, 5.41) is 2.87. The van der Waals surface area contributed by atoms with Crippen LogP contribution in [0.25, 0.3) is 10.8 Å². The molecule has 1 atom stereocenters. The summed E-state index contributed by atoms with van der Waals surface area (Å²) in [5.41, 5.74) is 9.38. The van der Waals surface area contributed by atoms with Gasteiger partial charge in [-0.2, -0.15) is 0 Å². The highest BCUT2D eigenvalue weighted by molar-refractivity contribution is 7.13. The first-order valence-corrected chi connectivity index (χ1v) is 7.64. The molecule has 3 aromatic rings. The van der Waals surface area contributed by atoms with E-state index in [1.54, 1.807) is 23.7 Å². The fourth-order valence-corrected chi connectivity index (χ4v) is 2.83. The number of rotatable bonds is 4. The fraction of sp³-hybridized carbons (Fsp3) is 0.188. The summed E-state index contributed by atoms with van der Waals surface area (Å²) in [7, 11) is 0. The molecule has 5 heteroatoms. The maximum absolute atomic E-state index is 6.23. The van der Waals surface area contributed by atoms with Gasteiger partial charge in [-0.25, -0.2) is 15.0 Å². The van der Waals surface area contributed by atoms with E-state index in [4.69, 9.17) is 5.73 Å². The number of nitrogens with two attached hydrogens (primary N) is 1. The summed E-state index contributed by atoms with van der Waals surface area (Å²) in [6.45, 7) is 1.97. The zero-order valence-corrected chi connectivity index (χ0v) is 12.5. The third-order valence-electron chi connectivity index (χ3n) is 3.18. The van der Waals surface area contributed by atoms with Gasteiger partial charge in [0.1, 0.15) is 0 Å². The molecule has 2 N–H and O–H groups in total. The normalized spacial score (nSPS) is 12.3. The second-order valence-electron chi connectivity index (χ2n) is 4.95. The summed E-state index contributed by atoms with van der Waals surface area (Å²) in [5.74, 6) is 0.671. The number of aryl methyl sites for hydroxylation is 1. The summed E-state index contributed by atoms with van der Waals surface area (Å²) in [6, 6.07) is 10.0. The summed E-state index contributed by atoms with van der Waals surface area (Å²) >= 11 is 1.55. The summed E-state index contributed by atoms with van der Waals surface area (Å²) in [4.78, 5) is 13.2. The van der Waals surface area contributed by atoms with Crippen molar-refractivity contribution in [2.24, 2.45) is 5.73 Å². The molecule has 2 heterocycles. The zero-order chi connectivity index (χ0) is 14.7. The van der Waals surface area contributed by atoms with Crippen LogP contribution in [0.15, 0.2) is 48.1 Å². The van der Waals surface area contributed by atoms with Gasteiger partial charge in [0.15, 0.2) is 10.8 Å². The lowest BCUT2D eigenvalue weighted by Crippen LogP contribution is -2.13. The van der Waals surface area contributed by atoms with Gasteiger partial charge in [0.2, 0.25) is 0 Å². The Balaban J connectivity index is 1.75. The van der Waals surface area contributed by atoms with Crippen LogP contribution in [0.3, 0.4) is 0 Å². The second kappa shape index (κ2) is 6.11. The molecule has 1 aromatic carbocycles. The topological polar surface area (TPSA) is 64.7 Å². The van der Waals surface area contributed by atoms with E-state index < -0.39 is 0 Å². The maximum Gasteiger partial charge on any atom is 0.188 e. The van der Waals surface area contributed by atoms with Gasteiger partial charge in [-0.15, -0.1) is 11.3 Å². The highest BCUT2D eigenvalue weighted by atomic mass is 32.1. The number of hydrogen-bond donors (Lipinski definition) is 1. The van der Waals surface area contributed by atoms with E-state index in [0.29, 0.717) is 12.2 Å². The Bertz CT molecular complexity index is 707. The molecule has 0 amide bonds. The lowest BCUT2D eigenvalue weighted by Gasteiger charge is -2.09. The van der Waals surface area contributed by atoms with Crippen molar-refractivity contribution in [2.75, 3.05) is 0 Å². The van der Waals surface area contributed by atoms with Crippen LogP contribution in [0.2, 0.25) is 0 Å². The Hall–Kier alpha value is -2.11. The predicted octanol–water partition coefficient (Wildman–Crippen LogP) is 3.15. The molecule has 0 aliphatic carbocycles. The number of hydrogen-bond acceptors (Lipinski definition) is 5. The van der Waals surface area contributed by atoms with Gasteiger partial charge < -0.3 is 5.73 Å². The molecule has 0 saturated carbocycles. The molecule has 0 aliphatic heterocycles. The van der Waals surface area contributed by atoms with Gasteiger partial charge in [-0.1, -0.05) is 30.3 Å². The van der Waals surface area contributed by atoms with Crippen LogP contribution in [-0.4, -0.2) is 15.0 Å². The Kier molecular flexibility index (Phi) is 4.03. The zero-order valence-electron chi connectivity index (χ0n) is 11.7. The molecular formula is C16H16N4S. The van der Waals surface area contributed by atoms with Crippen LogP contribution < -0.4 is 5.73 Å². The van der Waals surface area contributed by atoms with Gasteiger partial charge >= 0.3 is 0 Å². The Morgan fingerprint density at radius 3 is 2.57 bits per heavy atom. The minimum atomic E-state index is -0.0416. The minimum absolute atomic E-state index is 0.0416. The molecule has 0 radical (unpaired) electrons. The van der Waals surface area contributed by atoms with E-state index in [2.05, 4.69) is 15.0 Å². The van der Waals surface area contributed by atoms with Crippen LogP contribution in [0, 0.1) is 6.92 Å². The van der Waals surface area contributed by atoms with Crippen molar-refractivity contribution in [3.05, 3.63) is 64.9 Å². The van der Waals surface area contributed by atoms with Crippen LogP contribution in [0.5, 0.6) is 0 Å². The first-order chi connectivity index (χ1) is 10.2. The van der Waals surface area contributed by atoms with Crippen LogP contribution in [0.4, 0.5) is 0 Å². The largest absolute Gasteiger partial charge is 0.324 e. The first kappa shape index (κ1) is 13.9. The van der Waals surface area contributed by atoms with Crippen molar-refractivity contribution in [3.63, 3.8) is 0 Å². The van der Waals surface area contributed by atoms with E-state index in [-0.39, 0.29) is 6.04 Å². The van der Waals surface area contributed by atoms with Gasteiger partial charge in [0.25, 0.3) is 0 Å². The van der Waals surface area contributed by atoms with E-state index in [9.17, 15) is 0 Å². The van der Waals surface area contributed by atoms with E-state index in [0.717, 1.165) is 21.8 Å². The van der Waals surface area contributed by atoms with Gasteiger partial charge in [-0.3, -0.25) is 0 Å². The summed E-state index contributed by atoms with van der Waals surface area (Å²) < 4.78 is 0. The fourth-order valence-electron chi connectivity index (χ4n) is 2.05. The third kappa shape index (κ3) is 3.32. The molecule has 3 rings (SSSR count). The van der Waals surface area contributed by atoms with Crippen molar-refractivity contribution < 1.29 is 0 Å². The van der Waals surface area contributed by atoms with Crippen molar-refractivity contribution in [1.82, 2.24) is 15.0 Å². The van der Waals surface area contributed by atoms with Gasteiger partial charge in [0.05, 0.1) is 5.69 Å². The Morgan fingerprint density at radius 1 is 1.14 bits per heavy atom. The molecular weight excluding hydrogens is 280 g/mol. The molecule has 0 aliphatic rings. The molecule has 106 valence electrons. The monoisotopic (exact) mass is 296 g/mol. The average Bonchev–Trinajstić information content (AvgIpc) is 2.97. The van der Waals surface area contributed by atoms with Crippen molar-refractivity contribution in [2.45, 2.75) is 19.4 Å². The highest BCUT2D eigenvalue weighted by Crippen LogP contribution is 2.23. The number of nitrogens with zero attached hydrogens (tertiary/aromatic N) is 3. The number of aromatic nitrogens is 3. The van der Waals surface area contributed by atoms with Gasteiger partial charge in [-0.05, 0) is 18.1 Å². The maximum atomic E-state index is 6.23. The van der Waals surface area contributed by atoms with Crippen molar-refractivity contribution >= 4 is 11.3 Å². The highest BCUT2D eigenvalue weighted by Gasteiger charge is 2.11. The van der Waals surface area contributed by atoms with E-state index >= 15 is 0 Å². The van der Waals surface area contributed by atoms with Crippen LogP contribution in [0.1, 0.15) is 22.9 Å². The van der Waals surface area contributed by atoms with Crippen LogP contribution >= 0.6 is 11.3 Å². The van der Waals surface area contributed by atoms with Crippen molar-refractivity contribution in [3.8, 4) is 10.8 Å². The summed E-state index contributed by atoms with van der Waals surface area (Å²) in [6.07, 6.45) is 4.32. The second-order valence-corrected chi connectivity index (χ2v) is 5.81. The molecule has 0 saturated heterocycles. The third-order valence-corrected chi connectivity index (χ3v) is 4.07. The molecule has 0 fully saturated rings. The lowest BCUT2D eigenvalue weighted by atomic mass is 10.0. The number of benzene rings is 1. The lowest BCUT2D eigenvalue weighted by molar-refractivity contribution is 0.710. The molecule has 2 aromatic heterocycles. The van der Waals surface area contributed by atoms with Crippen molar-refractivity contribution in [1.29, 1.82) is 0 Å². The quantitative estimate of drug-likeness (QED) is 0.803. The molecule has 0 bridgehead atoms. The molecule has 0 spiro atoms. The molecule has 1 unspecified atom stereocenters. The minimum Gasteiger partial charge on any atom is -0.324 e. The van der Waals surface area contributed by atoms with E-state index in [1.165, 1.54) is 0 Å². The first-order valence-electron chi connectivity index (χ1n) is 6.76. The van der Waals surface area contributed by atoms with Crippen LogP contribution in [-0.2, 0) is 6.42 Å². The SMILES string of the molecule is Cc1cnc(-c2nc(CC(N)c3ccccc3)cs2)nc1. The average molecular weight is 296 g/mol.